The number of ether oxygens (including phenoxy) is 3. The number of amides is 4. The number of benzene rings is 5. The van der Waals surface area contributed by atoms with Gasteiger partial charge in [-0.25, -0.2) is 9.69 Å². The van der Waals surface area contributed by atoms with Crippen molar-refractivity contribution in [3.05, 3.63) is 136 Å². The van der Waals surface area contributed by atoms with Gasteiger partial charge in [0.25, 0.3) is 11.8 Å². The van der Waals surface area contributed by atoms with Crippen LogP contribution in [0.1, 0.15) is 23.6 Å². The highest BCUT2D eigenvalue weighted by Crippen LogP contribution is 2.32. The molecule has 0 saturated carbocycles. The van der Waals surface area contributed by atoms with Crippen LogP contribution in [0, 0.1) is 0 Å². The summed E-state index contributed by atoms with van der Waals surface area (Å²) in [4.78, 5) is 40.0. The van der Waals surface area contributed by atoms with Crippen molar-refractivity contribution in [3.8, 4) is 17.2 Å². The maximum atomic E-state index is 13.5. The maximum absolute atomic E-state index is 13.5. The Balaban J connectivity index is 1.19. The number of barbiturate groups is 1. The first kappa shape index (κ1) is 30.6. The fourth-order valence-corrected chi connectivity index (χ4v) is 5.34. The van der Waals surface area contributed by atoms with Crippen LogP contribution in [-0.2, 0) is 22.8 Å². The first-order chi connectivity index (χ1) is 22.4. The fourth-order valence-electron chi connectivity index (χ4n) is 5.07. The fraction of sp³-hybridized carbons (Fsp3) is 0.108. The van der Waals surface area contributed by atoms with Crippen LogP contribution in [0.5, 0.6) is 17.2 Å². The number of rotatable bonds is 10. The van der Waals surface area contributed by atoms with Crippen LogP contribution < -0.4 is 24.4 Å². The van der Waals surface area contributed by atoms with E-state index in [4.69, 9.17) is 14.2 Å². The molecular weight excluding hydrogens is 648 g/mol. The van der Waals surface area contributed by atoms with E-state index in [1.807, 2.05) is 55.5 Å². The Bertz CT molecular complexity index is 1950. The van der Waals surface area contributed by atoms with Crippen LogP contribution in [0.25, 0.3) is 16.8 Å². The molecule has 0 spiro atoms. The van der Waals surface area contributed by atoms with Crippen molar-refractivity contribution >= 4 is 56.3 Å². The predicted molar refractivity (Wildman–Crippen MR) is 180 cm³/mol. The SMILES string of the molecule is CCOc1cc(/C=C2\C(=O)NC(=O)N(c3ccc(OCc4ccc(Br)cc4)cc3)C2=O)ccc1OCc1cccc2ccccc12. The van der Waals surface area contributed by atoms with E-state index in [-0.39, 0.29) is 5.57 Å². The monoisotopic (exact) mass is 676 g/mol. The summed E-state index contributed by atoms with van der Waals surface area (Å²) in [7, 11) is 0. The molecule has 8 nitrogen and oxygen atoms in total. The summed E-state index contributed by atoms with van der Waals surface area (Å²) in [5, 5.41) is 4.50. The highest BCUT2D eigenvalue weighted by atomic mass is 79.9. The molecule has 1 aliphatic heterocycles. The predicted octanol–water partition coefficient (Wildman–Crippen LogP) is 7.83. The van der Waals surface area contributed by atoms with Gasteiger partial charge in [0.2, 0.25) is 0 Å². The van der Waals surface area contributed by atoms with E-state index in [9.17, 15) is 14.4 Å². The number of carbonyl (C=O) groups is 3. The number of carbonyl (C=O) groups excluding carboxylic acids is 3. The van der Waals surface area contributed by atoms with E-state index in [0.717, 1.165) is 31.3 Å². The molecule has 0 aromatic heterocycles. The second-order valence-electron chi connectivity index (χ2n) is 10.4. The molecule has 9 heteroatoms. The lowest BCUT2D eigenvalue weighted by atomic mass is 10.1. The molecule has 230 valence electrons. The van der Waals surface area contributed by atoms with Gasteiger partial charge in [0, 0.05) is 4.47 Å². The third-order valence-corrected chi connectivity index (χ3v) is 7.89. The lowest BCUT2D eigenvalue weighted by molar-refractivity contribution is -0.122. The van der Waals surface area contributed by atoms with Crippen LogP contribution >= 0.6 is 15.9 Å². The lowest BCUT2D eigenvalue weighted by Gasteiger charge is -2.26. The van der Waals surface area contributed by atoms with Crippen molar-refractivity contribution in [2.75, 3.05) is 11.5 Å². The van der Waals surface area contributed by atoms with Gasteiger partial charge in [0.05, 0.1) is 12.3 Å². The number of hydrogen-bond donors (Lipinski definition) is 1. The maximum Gasteiger partial charge on any atom is 0.335 e. The van der Waals surface area contributed by atoms with Crippen LogP contribution in [-0.4, -0.2) is 24.5 Å². The van der Waals surface area contributed by atoms with Crippen LogP contribution in [0.3, 0.4) is 0 Å². The van der Waals surface area contributed by atoms with Crippen molar-refractivity contribution in [2.24, 2.45) is 0 Å². The Morgan fingerprint density at radius 1 is 0.761 bits per heavy atom. The summed E-state index contributed by atoms with van der Waals surface area (Å²) in [6, 6.07) is 32.8. The molecule has 0 atom stereocenters. The van der Waals surface area contributed by atoms with Crippen molar-refractivity contribution in [3.63, 3.8) is 0 Å². The highest BCUT2D eigenvalue weighted by molar-refractivity contribution is 9.10. The molecule has 1 N–H and O–H groups in total. The van der Waals surface area contributed by atoms with Gasteiger partial charge in [-0.1, -0.05) is 76.6 Å². The number of fused-ring (bicyclic) bond motifs is 1. The molecule has 4 amide bonds. The van der Waals surface area contributed by atoms with Gasteiger partial charge in [-0.15, -0.1) is 0 Å². The number of anilines is 1. The summed E-state index contributed by atoms with van der Waals surface area (Å²) in [5.74, 6) is 0.0269. The minimum atomic E-state index is -0.831. The van der Waals surface area contributed by atoms with Gasteiger partial charge < -0.3 is 14.2 Å². The third-order valence-electron chi connectivity index (χ3n) is 7.36. The van der Waals surface area contributed by atoms with E-state index < -0.39 is 17.8 Å². The number of imide groups is 2. The van der Waals surface area contributed by atoms with Gasteiger partial charge in [-0.2, -0.15) is 0 Å². The molecular formula is C37H29BrN2O6. The summed E-state index contributed by atoms with van der Waals surface area (Å²) in [6.07, 6.45) is 1.43. The Morgan fingerprint density at radius 2 is 1.52 bits per heavy atom. The molecule has 5 aromatic rings. The van der Waals surface area contributed by atoms with E-state index in [0.29, 0.717) is 48.3 Å². The zero-order valence-electron chi connectivity index (χ0n) is 24.9. The van der Waals surface area contributed by atoms with Crippen molar-refractivity contribution in [1.82, 2.24) is 5.32 Å². The summed E-state index contributed by atoms with van der Waals surface area (Å²) < 4.78 is 18.8. The third kappa shape index (κ3) is 6.79. The Hall–Kier alpha value is -5.41. The molecule has 0 radical (unpaired) electrons. The molecule has 0 unspecified atom stereocenters. The number of urea groups is 1. The van der Waals surface area contributed by atoms with Crippen LogP contribution in [0.4, 0.5) is 10.5 Å². The lowest BCUT2D eigenvalue weighted by Crippen LogP contribution is -2.54. The summed E-state index contributed by atoms with van der Waals surface area (Å²) in [6.45, 7) is 2.93. The van der Waals surface area contributed by atoms with Crippen molar-refractivity contribution in [2.45, 2.75) is 20.1 Å². The van der Waals surface area contributed by atoms with Crippen molar-refractivity contribution in [1.29, 1.82) is 0 Å². The first-order valence-corrected chi connectivity index (χ1v) is 15.4. The topological polar surface area (TPSA) is 94.2 Å². The Morgan fingerprint density at radius 3 is 2.30 bits per heavy atom. The van der Waals surface area contributed by atoms with E-state index >= 15 is 0 Å². The van der Waals surface area contributed by atoms with Crippen LogP contribution in [0.2, 0.25) is 0 Å². The molecule has 1 heterocycles. The Kier molecular flexibility index (Phi) is 9.12. The number of hydrogen-bond acceptors (Lipinski definition) is 6. The minimum absolute atomic E-state index is 0.193. The quantitative estimate of drug-likeness (QED) is 0.120. The van der Waals surface area contributed by atoms with Gasteiger partial charge in [-0.05, 0) is 89.0 Å². The normalized spacial score (nSPS) is 14.0. The second kappa shape index (κ2) is 13.7. The smallest absolute Gasteiger partial charge is 0.335 e. The molecule has 6 rings (SSSR count). The summed E-state index contributed by atoms with van der Waals surface area (Å²) >= 11 is 3.41. The molecule has 5 aromatic carbocycles. The standard InChI is InChI=1S/C37H29BrN2O6/c1-2-44-34-21-25(12-19-33(34)46-23-27-8-5-7-26-6-3-4-9-31(26)27)20-32-35(41)39-37(43)40(36(32)42)29-15-17-30(18-16-29)45-22-24-10-13-28(38)14-11-24/h3-21H,2,22-23H2,1H3,(H,39,41,43)/b32-20+. The summed E-state index contributed by atoms with van der Waals surface area (Å²) in [5.41, 5.74) is 2.66. The van der Waals surface area contributed by atoms with Crippen molar-refractivity contribution < 1.29 is 28.6 Å². The number of nitrogens with one attached hydrogen (secondary N) is 1. The molecule has 46 heavy (non-hydrogen) atoms. The van der Waals surface area contributed by atoms with E-state index in [2.05, 4.69) is 39.4 Å². The van der Waals surface area contributed by atoms with E-state index in [1.54, 1.807) is 42.5 Å². The molecule has 0 bridgehead atoms. The van der Waals surface area contributed by atoms with Gasteiger partial charge >= 0.3 is 6.03 Å². The molecule has 1 saturated heterocycles. The Labute approximate surface area is 274 Å². The molecule has 1 fully saturated rings. The van der Waals surface area contributed by atoms with Gasteiger partial charge in [0.1, 0.15) is 24.5 Å². The largest absolute Gasteiger partial charge is 0.490 e. The average Bonchev–Trinajstić information content (AvgIpc) is 3.06. The molecule has 0 aliphatic carbocycles. The highest BCUT2D eigenvalue weighted by Gasteiger charge is 2.36. The number of nitrogens with zero attached hydrogens (tertiary/aromatic N) is 1. The second-order valence-corrected chi connectivity index (χ2v) is 11.3. The zero-order chi connectivity index (χ0) is 32.0. The first-order valence-electron chi connectivity index (χ1n) is 14.6. The number of halogens is 1. The van der Waals surface area contributed by atoms with Crippen LogP contribution in [0.15, 0.2) is 119 Å². The molecule has 1 aliphatic rings. The van der Waals surface area contributed by atoms with E-state index in [1.165, 1.54) is 6.08 Å². The van der Waals surface area contributed by atoms with Gasteiger partial charge in [-0.3, -0.25) is 14.9 Å². The minimum Gasteiger partial charge on any atom is -0.490 e. The zero-order valence-corrected chi connectivity index (χ0v) is 26.5. The van der Waals surface area contributed by atoms with Gasteiger partial charge in [0.15, 0.2) is 11.5 Å². The average molecular weight is 678 g/mol.